The second kappa shape index (κ2) is 16.1. The lowest BCUT2D eigenvalue weighted by Crippen LogP contribution is -2.44. The van der Waals surface area contributed by atoms with Crippen molar-refractivity contribution in [1.82, 2.24) is 14.7 Å². The molecule has 246 valence electrons. The van der Waals surface area contributed by atoms with Crippen molar-refractivity contribution in [1.29, 1.82) is 0 Å². The van der Waals surface area contributed by atoms with Gasteiger partial charge in [-0.3, -0.25) is 14.5 Å². The zero-order chi connectivity index (χ0) is 31.8. The third-order valence-electron chi connectivity index (χ3n) is 10.5. The van der Waals surface area contributed by atoms with E-state index in [-0.39, 0.29) is 11.8 Å². The number of anilines is 1. The van der Waals surface area contributed by atoms with Crippen LogP contribution in [0.25, 0.3) is 0 Å². The van der Waals surface area contributed by atoms with Crippen LogP contribution in [0.2, 0.25) is 0 Å². The number of ether oxygens (including phenoxy) is 1. The number of piperidine rings is 1. The number of carbonyl (C=O) groups is 2. The fourth-order valence-electron chi connectivity index (χ4n) is 7.76. The van der Waals surface area contributed by atoms with Gasteiger partial charge in [0.15, 0.2) is 0 Å². The van der Waals surface area contributed by atoms with Crippen molar-refractivity contribution >= 4 is 17.5 Å². The first kappa shape index (κ1) is 33.5. The highest BCUT2D eigenvalue weighted by atomic mass is 16.5. The maximum absolute atomic E-state index is 14.1. The number of amides is 2. The molecule has 2 aromatic rings. The van der Waals surface area contributed by atoms with Gasteiger partial charge in [0.25, 0.3) is 0 Å². The van der Waals surface area contributed by atoms with Crippen LogP contribution in [0.3, 0.4) is 0 Å². The molecule has 2 fully saturated rings. The van der Waals surface area contributed by atoms with Gasteiger partial charge in [-0.15, -0.1) is 0 Å². The van der Waals surface area contributed by atoms with E-state index in [4.69, 9.17) is 4.74 Å². The number of carbonyl (C=O) groups excluding carboxylic acids is 2. The lowest BCUT2D eigenvalue weighted by molar-refractivity contribution is -0.133. The highest BCUT2D eigenvalue weighted by Crippen LogP contribution is 2.31. The lowest BCUT2D eigenvalue weighted by atomic mass is 9.88. The summed E-state index contributed by atoms with van der Waals surface area (Å²) in [6, 6.07) is 15.2. The first-order valence-corrected chi connectivity index (χ1v) is 17.6. The van der Waals surface area contributed by atoms with Gasteiger partial charge < -0.3 is 19.4 Å². The smallest absolute Gasteiger partial charge is 0.231 e. The summed E-state index contributed by atoms with van der Waals surface area (Å²) in [4.78, 5) is 37.4. The Hall–Kier alpha value is -2.90. The molecule has 0 atom stereocenters. The number of likely N-dealkylation sites (tertiary alicyclic amines) is 1. The molecular formula is C38H56N4O3. The summed E-state index contributed by atoms with van der Waals surface area (Å²) < 4.78 is 5.32. The molecule has 45 heavy (non-hydrogen) atoms. The average molecular weight is 617 g/mol. The van der Waals surface area contributed by atoms with E-state index in [0.29, 0.717) is 44.4 Å². The van der Waals surface area contributed by atoms with E-state index in [1.54, 1.807) is 7.11 Å². The second-order valence-corrected chi connectivity index (χ2v) is 13.9. The first-order chi connectivity index (χ1) is 21.8. The molecule has 0 bridgehead atoms. The third kappa shape index (κ3) is 8.88. The van der Waals surface area contributed by atoms with Crippen LogP contribution in [0.15, 0.2) is 42.5 Å². The maximum atomic E-state index is 14.1. The number of hydrogen-bond donors (Lipinski definition) is 0. The Balaban J connectivity index is 1.34. The number of benzene rings is 2. The largest absolute Gasteiger partial charge is 0.497 e. The highest BCUT2D eigenvalue weighted by Gasteiger charge is 2.30. The van der Waals surface area contributed by atoms with Gasteiger partial charge in [0.2, 0.25) is 11.8 Å². The Labute approximate surface area is 271 Å². The van der Waals surface area contributed by atoms with Gasteiger partial charge in [0.05, 0.1) is 19.2 Å². The van der Waals surface area contributed by atoms with Crippen LogP contribution in [-0.2, 0) is 22.6 Å². The van der Waals surface area contributed by atoms with Crippen LogP contribution in [-0.4, -0.2) is 85.0 Å². The summed E-state index contributed by atoms with van der Waals surface area (Å²) in [5, 5.41) is 0. The van der Waals surface area contributed by atoms with Gasteiger partial charge in [-0.25, -0.2) is 0 Å². The van der Waals surface area contributed by atoms with Crippen LogP contribution in [0.1, 0.15) is 88.3 Å². The minimum Gasteiger partial charge on any atom is -0.497 e. The minimum atomic E-state index is 0.0914. The van der Waals surface area contributed by atoms with Gasteiger partial charge in [-0.1, -0.05) is 49.6 Å². The molecule has 7 nitrogen and oxygen atoms in total. The van der Waals surface area contributed by atoms with E-state index < -0.39 is 0 Å². The number of rotatable bonds is 7. The Bertz CT molecular complexity index is 1250. The van der Waals surface area contributed by atoms with Gasteiger partial charge in [-0.05, 0) is 101 Å². The number of hydrogen-bond acceptors (Lipinski definition) is 5. The monoisotopic (exact) mass is 616 g/mol. The number of para-hydroxylation sites is 1. The average Bonchev–Trinajstić information content (AvgIpc) is 3.09. The van der Waals surface area contributed by atoms with Crippen molar-refractivity contribution in [3.63, 3.8) is 0 Å². The van der Waals surface area contributed by atoms with Crippen LogP contribution >= 0.6 is 0 Å². The quantitative estimate of drug-likeness (QED) is 0.358. The summed E-state index contributed by atoms with van der Waals surface area (Å²) in [5.41, 5.74) is 4.10. The Morgan fingerprint density at radius 1 is 0.822 bits per heavy atom. The summed E-state index contributed by atoms with van der Waals surface area (Å²) in [5.74, 6) is 1.60. The van der Waals surface area contributed by atoms with Crippen molar-refractivity contribution < 1.29 is 14.3 Å². The van der Waals surface area contributed by atoms with E-state index >= 15 is 0 Å². The van der Waals surface area contributed by atoms with E-state index in [1.807, 2.05) is 29.2 Å². The molecule has 1 saturated heterocycles. The van der Waals surface area contributed by atoms with Gasteiger partial charge in [0.1, 0.15) is 5.75 Å². The van der Waals surface area contributed by atoms with Crippen LogP contribution in [0.4, 0.5) is 5.69 Å². The zero-order valence-electron chi connectivity index (χ0n) is 28.3. The van der Waals surface area contributed by atoms with Crippen LogP contribution in [0, 0.1) is 12.8 Å². The third-order valence-corrected chi connectivity index (χ3v) is 10.5. The number of nitrogens with zero attached hydrogens (tertiary/aromatic N) is 4. The lowest BCUT2D eigenvalue weighted by Gasteiger charge is -2.39. The van der Waals surface area contributed by atoms with E-state index in [1.165, 1.54) is 32.1 Å². The Kier molecular flexibility index (Phi) is 12.0. The normalized spacial score (nSPS) is 20.1. The SMILES string of the molecule is COc1ccc(CC(=O)N2CCCN(C(C)C)CCN(C(=O)CC3CCN(C4CCCCC4)CC3)Cc3cccc(C)c32)cc1. The van der Waals surface area contributed by atoms with Crippen molar-refractivity contribution in [3.8, 4) is 5.75 Å². The molecule has 2 amide bonds. The number of methoxy groups -OCH3 is 1. The van der Waals surface area contributed by atoms with Gasteiger partial charge in [-0.2, -0.15) is 0 Å². The minimum absolute atomic E-state index is 0.0914. The molecule has 0 N–H and O–H groups in total. The molecule has 0 spiro atoms. The second-order valence-electron chi connectivity index (χ2n) is 13.9. The van der Waals surface area contributed by atoms with E-state index in [9.17, 15) is 9.59 Å². The summed E-state index contributed by atoms with van der Waals surface area (Å²) >= 11 is 0. The van der Waals surface area contributed by atoms with Crippen molar-refractivity contribution in [2.75, 3.05) is 51.3 Å². The fourth-order valence-corrected chi connectivity index (χ4v) is 7.76. The summed E-state index contributed by atoms with van der Waals surface area (Å²) in [6.07, 6.45) is 10.9. The first-order valence-electron chi connectivity index (χ1n) is 17.6. The molecule has 0 unspecified atom stereocenters. The Morgan fingerprint density at radius 2 is 1.56 bits per heavy atom. The van der Waals surface area contributed by atoms with Gasteiger partial charge in [0, 0.05) is 51.2 Å². The molecule has 2 aromatic carbocycles. The van der Waals surface area contributed by atoms with Gasteiger partial charge >= 0.3 is 0 Å². The van der Waals surface area contributed by atoms with Crippen molar-refractivity contribution in [3.05, 3.63) is 59.2 Å². The molecule has 0 aromatic heterocycles. The molecule has 3 aliphatic rings. The number of fused-ring (bicyclic) bond motifs is 1. The molecule has 5 rings (SSSR count). The summed E-state index contributed by atoms with van der Waals surface area (Å²) in [6.45, 7) is 12.5. The molecule has 2 aliphatic heterocycles. The highest BCUT2D eigenvalue weighted by molar-refractivity contribution is 5.96. The molecule has 0 radical (unpaired) electrons. The molecule has 2 heterocycles. The molecular weight excluding hydrogens is 560 g/mol. The van der Waals surface area contributed by atoms with Crippen molar-refractivity contribution in [2.45, 2.75) is 104 Å². The maximum Gasteiger partial charge on any atom is 0.231 e. The van der Waals surface area contributed by atoms with Crippen molar-refractivity contribution in [2.24, 2.45) is 5.92 Å². The molecule has 7 heteroatoms. The molecule has 1 aliphatic carbocycles. The van der Waals surface area contributed by atoms with Crippen LogP contribution in [0.5, 0.6) is 5.75 Å². The Morgan fingerprint density at radius 3 is 2.24 bits per heavy atom. The van der Waals surface area contributed by atoms with E-state index in [0.717, 1.165) is 79.6 Å². The topological polar surface area (TPSA) is 56.3 Å². The standard InChI is InChI=1S/C38H56N4O3/c1-29(2)39-20-9-21-42(37(44)27-31-14-16-35(45-4)17-15-31)38-30(3)10-8-11-33(38)28-41(25-24-39)36(43)26-32-18-22-40(23-19-32)34-12-6-5-7-13-34/h8,10-11,14-17,29,32,34H,5-7,9,12-13,18-28H2,1-4H3. The predicted molar refractivity (Wildman–Crippen MR) is 183 cm³/mol. The predicted octanol–water partition coefficient (Wildman–Crippen LogP) is 6.46. The number of aryl methyl sites for hydroxylation is 1. The van der Waals surface area contributed by atoms with Crippen LogP contribution < -0.4 is 9.64 Å². The zero-order valence-corrected chi connectivity index (χ0v) is 28.3. The summed E-state index contributed by atoms with van der Waals surface area (Å²) in [7, 11) is 1.66. The van der Waals surface area contributed by atoms with E-state index in [2.05, 4.69) is 53.7 Å². The fraction of sp³-hybridized carbons (Fsp3) is 0.632. The molecule has 1 saturated carbocycles.